The number of hydrogen-bond donors (Lipinski definition) is 4. The van der Waals surface area contributed by atoms with Crippen LogP contribution in [-0.4, -0.2) is 62.0 Å². The lowest BCUT2D eigenvalue weighted by Gasteiger charge is -2.27. The summed E-state index contributed by atoms with van der Waals surface area (Å²) in [7, 11) is 1.69. The molecule has 0 saturated heterocycles. The molecular weight excluding hydrogens is 685 g/mol. The highest BCUT2D eigenvalue weighted by molar-refractivity contribution is 7.09. The molecule has 0 saturated carbocycles. The minimum Gasteiger partial charge on any atom is -0.444 e. The molecule has 0 aliphatic carbocycles. The van der Waals surface area contributed by atoms with Crippen LogP contribution in [0.3, 0.4) is 0 Å². The van der Waals surface area contributed by atoms with Crippen molar-refractivity contribution in [2.75, 3.05) is 7.05 Å². The van der Waals surface area contributed by atoms with Gasteiger partial charge in [0.15, 0.2) is 0 Å². The van der Waals surface area contributed by atoms with Crippen molar-refractivity contribution in [3.05, 3.63) is 123 Å². The maximum Gasteiger partial charge on any atom is 0.407 e. The third-order valence-corrected chi connectivity index (χ3v) is 10.1. The number of H-pyrrole nitrogens is 1. The van der Waals surface area contributed by atoms with Crippen LogP contribution in [0.5, 0.6) is 0 Å². The molecular formula is C37H44N8O4S2. The second-order valence-corrected chi connectivity index (χ2v) is 14.5. The lowest BCUT2D eigenvalue weighted by molar-refractivity contribution is -0.123. The Labute approximate surface area is 306 Å². The van der Waals surface area contributed by atoms with E-state index in [-0.39, 0.29) is 31.0 Å². The van der Waals surface area contributed by atoms with E-state index in [4.69, 9.17) is 4.74 Å². The molecule has 12 nitrogen and oxygen atoms in total. The number of hydrogen-bond acceptors (Lipinski definition) is 9. The van der Waals surface area contributed by atoms with Crippen molar-refractivity contribution < 1.29 is 19.1 Å². The van der Waals surface area contributed by atoms with Gasteiger partial charge in [0.2, 0.25) is 5.91 Å². The third-order valence-electron chi connectivity index (χ3n) is 8.20. The van der Waals surface area contributed by atoms with Crippen molar-refractivity contribution in [2.45, 2.75) is 76.7 Å². The van der Waals surface area contributed by atoms with Gasteiger partial charge in [-0.3, -0.25) is 9.78 Å². The van der Waals surface area contributed by atoms with Crippen LogP contribution in [0.2, 0.25) is 0 Å². The Morgan fingerprint density at radius 2 is 1.67 bits per heavy atom. The highest BCUT2D eigenvalue weighted by Crippen LogP contribution is 2.22. The minimum atomic E-state index is -0.884. The van der Waals surface area contributed by atoms with Crippen LogP contribution in [0.15, 0.2) is 90.3 Å². The Balaban J connectivity index is 1.29. The van der Waals surface area contributed by atoms with Crippen LogP contribution in [0.25, 0.3) is 0 Å². The van der Waals surface area contributed by atoms with Gasteiger partial charge < -0.3 is 30.6 Å². The normalized spacial score (nSPS) is 12.9. The molecule has 14 heteroatoms. The highest BCUT2D eigenvalue weighted by Gasteiger charge is 2.27. The predicted molar refractivity (Wildman–Crippen MR) is 198 cm³/mol. The van der Waals surface area contributed by atoms with Gasteiger partial charge in [-0.1, -0.05) is 74.5 Å². The predicted octanol–water partition coefficient (Wildman–Crippen LogP) is 6.37. The highest BCUT2D eigenvalue weighted by atomic mass is 32.1. The molecule has 0 spiro atoms. The quantitative estimate of drug-likeness (QED) is 0.0867. The Bertz CT molecular complexity index is 1780. The number of thiazole rings is 2. The summed E-state index contributed by atoms with van der Waals surface area (Å²) in [6.45, 7) is 4.61. The van der Waals surface area contributed by atoms with Gasteiger partial charge >= 0.3 is 12.1 Å². The summed E-state index contributed by atoms with van der Waals surface area (Å²) < 4.78 is 5.49. The third kappa shape index (κ3) is 11.7. The fraction of sp³-hybridized carbons (Fsp3) is 0.351. The van der Waals surface area contributed by atoms with Gasteiger partial charge in [-0.2, -0.15) is 0 Å². The van der Waals surface area contributed by atoms with Crippen LogP contribution in [0, 0.1) is 0 Å². The molecule has 0 aliphatic heterocycles. The number of nitrogens with one attached hydrogen (secondary N) is 4. The number of urea groups is 1. The van der Waals surface area contributed by atoms with Crippen LogP contribution in [0.4, 0.5) is 9.59 Å². The molecule has 0 aliphatic rings. The number of alkyl carbamates (subject to hydrolysis) is 1. The van der Waals surface area contributed by atoms with E-state index in [2.05, 4.69) is 49.7 Å². The molecule has 4 amide bonds. The van der Waals surface area contributed by atoms with Crippen LogP contribution < -0.4 is 16.0 Å². The van der Waals surface area contributed by atoms with E-state index in [1.807, 2.05) is 66.0 Å². The summed E-state index contributed by atoms with van der Waals surface area (Å²) >= 11 is 2.99. The molecule has 5 rings (SSSR count). The first-order valence-electron chi connectivity index (χ1n) is 16.9. The fourth-order valence-corrected chi connectivity index (χ4v) is 6.83. The Hall–Kier alpha value is -5.08. The molecule has 268 valence electrons. The Morgan fingerprint density at radius 1 is 0.902 bits per heavy atom. The topological polar surface area (TPSA) is 154 Å². The largest absolute Gasteiger partial charge is 0.444 e. The molecule has 0 radical (unpaired) electrons. The van der Waals surface area contributed by atoms with Crippen molar-refractivity contribution >= 4 is 40.7 Å². The van der Waals surface area contributed by atoms with Gasteiger partial charge in [0.1, 0.15) is 12.6 Å². The van der Waals surface area contributed by atoms with E-state index >= 15 is 0 Å². The molecule has 0 fully saturated rings. The van der Waals surface area contributed by atoms with Crippen molar-refractivity contribution in [2.24, 2.45) is 0 Å². The van der Waals surface area contributed by atoms with Gasteiger partial charge in [-0.25, -0.2) is 19.6 Å². The zero-order valence-electron chi connectivity index (χ0n) is 29.0. The average molecular weight is 729 g/mol. The lowest BCUT2D eigenvalue weighted by atomic mass is 9.95. The van der Waals surface area contributed by atoms with E-state index in [0.717, 1.165) is 26.7 Å². The second kappa shape index (κ2) is 18.8. The Morgan fingerprint density at radius 3 is 2.33 bits per heavy atom. The van der Waals surface area contributed by atoms with Crippen LogP contribution in [0.1, 0.15) is 71.0 Å². The van der Waals surface area contributed by atoms with E-state index in [1.165, 1.54) is 16.2 Å². The van der Waals surface area contributed by atoms with E-state index < -0.39 is 18.2 Å². The van der Waals surface area contributed by atoms with E-state index in [0.29, 0.717) is 37.4 Å². The molecule has 3 atom stereocenters. The average Bonchev–Trinajstić information content (AvgIpc) is 3.94. The SMILES string of the molecule is CC(C)c1nc(CN(C)C(=O)N[C@@H](Cc2cnc[nH]2)C(=O)N[C@@H](CC[C@H](NC(=O)OCc2cncs2)c2ccccc2)Cc2ccccc2)cs1. The smallest absolute Gasteiger partial charge is 0.407 e. The molecule has 2 aromatic carbocycles. The number of aromatic amines is 1. The first-order chi connectivity index (χ1) is 24.7. The van der Waals surface area contributed by atoms with Crippen LogP contribution >= 0.6 is 22.7 Å². The van der Waals surface area contributed by atoms with Crippen molar-refractivity contribution in [3.8, 4) is 0 Å². The monoisotopic (exact) mass is 728 g/mol. The number of amides is 4. The van der Waals surface area contributed by atoms with Gasteiger partial charge in [0.25, 0.3) is 0 Å². The first kappa shape index (κ1) is 37.2. The molecule has 5 aromatic rings. The molecule has 3 aromatic heterocycles. The fourth-order valence-electron chi connectivity index (χ4n) is 5.50. The van der Waals surface area contributed by atoms with Crippen LogP contribution in [-0.2, 0) is 35.5 Å². The van der Waals surface area contributed by atoms with Gasteiger partial charge in [-0.05, 0) is 30.4 Å². The summed E-state index contributed by atoms with van der Waals surface area (Å²) in [5, 5.41) is 12.2. The zero-order valence-corrected chi connectivity index (χ0v) is 30.6. The number of aromatic nitrogens is 4. The number of benzene rings is 2. The van der Waals surface area contributed by atoms with Crippen molar-refractivity contribution in [1.29, 1.82) is 0 Å². The number of rotatable bonds is 17. The summed E-state index contributed by atoms with van der Waals surface area (Å²) in [4.78, 5) is 58.6. The summed E-state index contributed by atoms with van der Waals surface area (Å²) in [5.41, 5.74) is 5.18. The number of carbonyl (C=O) groups excluding carboxylic acids is 3. The number of nitrogens with zero attached hydrogens (tertiary/aromatic N) is 4. The zero-order chi connectivity index (χ0) is 36.0. The second-order valence-electron chi connectivity index (χ2n) is 12.6. The van der Waals surface area contributed by atoms with Gasteiger partial charge in [-0.15, -0.1) is 22.7 Å². The maximum absolute atomic E-state index is 14.1. The first-order valence-corrected chi connectivity index (χ1v) is 18.6. The van der Waals surface area contributed by atoms with Gasteiger partial charge in [0.05, 0.1) is 40.0 Å². The summed E-state index contributed by atoms with van der Waals surface area (Å²) in [6.07, 6.45) is 6.15. The standard InChI is InChI=1S/C37H44N8O4S2/c1-25(2)35-42-30(22-50-35)20-45(3)36(47)43-33(17-29-18-38-23-40-29)34(46)41-28(16-26-10-6-4-7-11-26)14-15-32(27-12-8-5-9-13-27)44-37(48)49-21-31-19-39-24-51-31/h4-13,18-19,22-25,28,32-33H,14-17,20-21H2,1-3H3,(H,38,40)(H,41,46)(H,43,47)(H,44,48)/t28-,32-,33-/m0/s1. The molecule has 51 heavy (non-hydrogen) atoms. The van der Waals surface area contributed by atoms with Crippen molar-refractivity contribution in [3.63, 3.8) is 0 Å². The molecule has 0 bridgehead atoms. The summed E-state index contributed by atoms with van der Waals surface area (Å²) in [5.74, 6) is -0.0211. The van der Waals surface area contributed by atoms with Crippen molar-refractivity contribution in [1.82, 2.24) is 40.8 Å². The summed E-state index contributed by atoms with van der Waals surface area (Å²) in [6, 6.07) is 17.6. The van der Waals surface area contributed by atoms with E-state index in [1.54, 1.807) is 42.6 Å². The molecule has 3 heterocycles. The Kier molecular flexibility index (Phi) is 13.7. The number of imidazole rings is 1. The van der Waals surface area contributed by atoms with E-state index in [9.17, 15) is 14.4 Å². The minimum absolute atomic E-state index is 0.131. The molecule has 0 unspecified atom stereocenters. The number of ether oxygens (including phenoxy) is 1. The maximum atomic E-state index is 14.1. The lowest BCUT2D eigenvalue weighted by Crippen LogP contribution is -2.53. The van der Waals surface area contributed by atoms with Gasteiger partial charge in [0, 0.05) is 48.9 Å². The number of carbonyl (C=O) groups is 3. The molecule has 4 N–H and O–H groups in total.